The number of carbonyl (C=O) groups excluding carboxylic acids is 1. The Morgan fingerprint density at radius 2 is 2.10 bits per heavy atom. The highest BCUT2D eigenvalue weighted by atomic mass is 32.2. The first-order chi connectivity index (χ1) is 10.1. The molecule has 1 heterocycles. The van der Waals surface area contributed by atoms with Crippen molar-refractivity contribution in [3.63, 3.8) is 0 Å². The van der Waals surface area contributed by atoms with Crippen LogP contribution in [0.15, 0.2) is 24.5 Å². The number of hydrogen-bond donors (Lipinski definition) is 2. The van der Waals surface area contributed by atoms with Gasteiger partial charge in [0.15, 0.2) is 0 Å². The van der Waals surface area contributed by atoms with Crippen molar-refractivity contribution in [2.75, 3.05) is 5.75 Å². The molecule has 21 heavy (non-hydrogen) atoms. The molecule has 1 fully saturated rings. The molecule has 1 aromatic heterocycles. The van der Waals surface area contributed by atoms with Gasteiger partial charge in [-0.2, -0.15) is 0 Å². The molecule has 2 rings (SSSR count). The lowest BCUT2D eigenvalue weighted by Crippen LogP contribution is -2.56. The maximum Gasteiger partial charge on any atom is 0.329 e. The molecule has 0 aromatic carbocycles. The highest BCUT2D eigenvalue weighted by Gasteiger charge is 2.40. The molecule has 0 atom stereocenters. The molecule has 0 aliphatic heterocycles. The predicted molar refractivity (Wildman–Crippen MR) is 82.0 cm³/mol. The fourth-order valence-corrected chi connectivity index (χ4v) is 3.36. The highest BCUT2D eigenvalue weighted by molar-refractivity contribution is 7.99. The Balaban J connectivity index is 1.81. The maximum absolute atomic E-state index is 12.0. The van der Waals surface area contributed by atoms with E-state index in [4.69, 9.17) is 0 Å². The van der Waals surface area contributed by atoms with Crippen molar-refractivity contribution >= 4 is 23.6 Å². The van der Waals surface area contributed by atoms with Gasteiger partial charge in [-0.3, -0.25) is 9.78 Å². The number of amides is 1. The van der Waals surface area contributed by atoms with Crippen LogP contribution in [-0.4, -0.2) is 33.3 Å². The molecule has 114 valence electrons. The minimum Gasteiger partial charge on any atom is -0.480 e. The topological polar surface area (TPSA) is 79.3 Å². The number of hydrogen-bond acceptors (Lipinski definition) is 4. The zero-order chi connectivity index (χ0) is 15.1. The van der Waals surface area contributed by atoms with Crippen LogP contribution in [-0.2, 0) is 15.3 Å². The SMILES string of the molecule is O=C(CSCc1cccnc1)NC1(C(=O)O)CCCCC1. The van der Waals surface area contributed by atoms with Gasteiger partial charge in [0.1, 0.15) is 5.54 Å². The lowest BCUT2D eigenvalue weighted by Gasteiger charge is -2.33. The van der Waals surface area contributed by atoms with Gasteiger partial charge in [-0.25, -0.2) is 4.79 Å². The Morgan fingerprint density at radius 1 is 1.33 bits per heavy atom. The van der Waals surface area contributed by atoms with Crippen LogP contribution in [0.25, 0.3) is 0 Å². The Hall–Kier alpha value is -1.56. The van der Waals surface area contributed by atoms with Crippen LogP contribution in [0.5, 0.6) is 0 Å². The lowest BCUT2D eigenvalue weighted by atomic mass is 9.81. The van der Waals surface area contributed by atoms with Crippen molar-refractivity contribution in [3.8, 4) is 0 Å². The number of aliphatic carboxylic acids is 1. The lowest BCUT2D eigenvalue weighted by molar-refractivity contribution is -0.148. The average Bonchev–Trinajstić information content (AvgIpc) is 2.49. The molecule has 0 unspecified atom stereocenters. The zero-order valence-corrected chi connectivity index (χ0v) is 12.7. The van der Waals surface area contributed by atoms with E-state index in [0.717, 1.165) is 24.8 Å². The molecule has 5 nitrogen and oxygen atoms in total. The standard InChI is InChI=1S/C15H20N2O3S/c18-13(11-21-10-12-5-4-8-16-9-12)17-15(14(19)20)6-2-1-3-7-15/h4-5,8-9H,1-3,6-7,10-11H2,(H,17,18)(H,19,20). The second kappa shape index (κ2) is 7.45. The Morgan fingerprint density at radius 3 is 2.71 bits per heavy atom. The molecular formula is C15H20N2O3S. The number of carbonyl (C=O) groups is 2. The summed E-state index contributed by atoms with van der Waals surface area (Å²) in [7, 11) is 0. The smallest absolute Gasteiger partial charge is 0.329 e. The van der Waals surface area contributed by atoms with Crippen molar-refractivity contribution in [2.24, 2.45) is 0 Å². The molecule has 0 saturated heterocycles. The van der Waals surface area contributed by atoms with E-state index in [2.05, 4.69) is 10.3 Å². The van der Waals surface area contributed by atoms with Crippen LogP contribution in [0.3, 0.4) is 0 Å². The first kappa shape index (κ1) is 15.8. The molecule has 1 saturated carbocycles. The molecule has 1 amide bonds. The van der Waals surface area contributed by atoms with E-state index < -0.39 is 11.5 Å². The Labute approximate surface area is 128 Å². The van der Waals surface area contributed by atoms with Crippen LogP contribution in [0.4, 0.5) is 0 Å². The van der Waals surface area contributed by atoms with Crippen molar-refractivity contribution < 1.29 is 14.7 Å². The molecule has 1 aromatic rings. The van der Waals surface area contributed by atoms with Crippen LogP contribution in [0, 0.1) is 0 Å². The minimum atomic E-state index is -1.05. The maximum atomic E-state index is 12.0. The van der Waals surface area contributed by atoms with E-state index in [9.17, 15) is 14.7 Å². The van der Waals surface area contributed by atoms with Gasteiger partial charge in [-0.05, 0) is 24.5 Å². The highest BCUT2D eigenvalue weighted by Crippen LogP contribution is 2.28. The summed E-state index contributed by atoms with van der Waals surface area (Å²) in [6.45, 7) is 0. The predicted octanol–water partition coefficient (Wildman–Crippen LogP) is 2.22. The van der Waals surface area contributed by atoms with Crippen molar-refractivity contribution in [1.82, 2.24) is 10.3 Å². The third-order valence-electron chi connectivity index (χ3n) is 3.72. The third-order valence-corrected chi connectivity index (χ3v) is 4.72. The number of thioether (sulfide) groups is 1. The number of nitrogens with zero attached hydrogens (tertiary/aromatic N) is 1. The zero-order valence-electron chi connectivity index (χ0n) is 11.9. The first-order valence-corrected chi connectivity index (χ1v) is 8.29. The van der Waals surface area contributed by atoms with Crippen molar-refractivity contribution in [2.45, 2.75) is 43.4 Å². The fourth-order valence-electron chi connectivity index (χ4n) is 2.60. The van der Waals surface area contributed by atoms with Gasteiger partial charge >= 0.3 is 5.97 Å². The normalized spacial score (nSPS) is 17.1. The molecule has 0 spiro atoms. The van der Waals surface area contributed by atoms with Gasteiger partial charge in [-0.15, -0.1) is 11.8 Å². The summed E-state index contributed by atoms with van der Waals surface area (Å²) in [6.07, 6.45) is 7.29. The van der Waals surface area contributed by atoms with E-state index in [1.54, 1.807) is 12.4 Å². The summed E-state index contributed by atoms with van der Waals surface area (Å²) in [4.78, 5) is 27.5. The summed E-state index contributed by atoms with van der Waals surface area (Å²) in [5.74, 6) is -0.147. The summed E-state index contributed by atoms with van der Waals surface area (Å²) >= 11 is 1.47. The number of aromatic nitrogens is 1. The summed E-state index contributed by atoms with van der Waals surface area (Å²) in [5, 5.41) is 12.2. The average molecular weight is 308 g/mol. The van der Waals surface area contributed by atoms with Crippen LogP contribution >= 0.6 is 11.8 Å². The van der Waals surface area contributed by atoms with E-state index in [0.29, 0.717) is 18.6 Å². The van der Waals surface area contributed by atoms with Gasteiger partial charge in [0, 0.05) is 18.1 Å². The largest absolute Gasteiger partial charge is 0.480 e. The molecule has 1 aliphatic carbocycles. The summed E-state index contributed by atoms with van der Waals surface area (Å²) < 4.78 is 0. The summed E-state index contributed by atoms with van der Waals surface area (Å²) in [6, 6.07) is 3.81. The van der Waals surface area contributed by atoms with Gasteiger partial charge in [-0.1, -0.05) is 25.3 Å². The van der Waals surface area contributed by atoms with Crippen LogP contribution in [0.2, 0.25) is 0 Å². The summed E-state index contributed by atoms with van der Waals surface area (Å²) in [5.41, 5.74) is 0.00501. The second-order valence-corrected chi connectivity index (χ2v) is 6.34. The first-order valence-electron chi connectivity index (χ1n) is 7.13. The van der Waals surface area contributed by atoms with Gasteiger partial charge < -0.3 is 10.4 Å². The molecule has 2 N–H and O–H groups in total. The number of rotatable bonds is 6. The second-order valence-electron chi connectivity index (χ2n) is 5.35. The molecule has 6 heteroatoms. The number of carboxylic acids is 1. The molecule has 0 radical (unpaired) electrons. The van der Waals surface area contributed by atoms with Gasteiger partial charge in [0.05, 0.1) is 5.75 Å². The number of pyridine rings is 1. The van der Waals surface area contributed by atoms with Gasteiger partial charge in [0.2, 0.25) is 5.91 Å². The van der Waals surface area contributed by atoms with Crippen LogP contribution in [0.1, 0.15) is 37.7 Å². The molecule has 0 bridgehead atoms. The number of nitrogens with one attached hydrogen (secondary N) is 1. The van der Waals surface area contributed by atoms with E-state index in [-0.39, 0.29) is 11.7 Å². The van der Waals surface area contributed by atoms with E-state index in [1.165, 1.54) is 11.8 Å². The molecule has 1 aliphatic rings. The molecular weight excluding hydrogens is 288 g/mol. The van der Waals surface area contributed by atoms with Gasteiger partial charge in [0.25, 0.3) is 0 Å². The fraction of sp³-hybridized carbons (Fsp3) is 0.533. The quantitative estimate of drug-likeness (QED) is 0.842. The van der Waals surface area contributed by atoms with E-state index in [1.807, 2.05) is 12.1 Å². The number of carboxylic acid groups (broad SMARTS) is 1. The van der Waals surface area contributed by atoms with Crippen molar-refractivity contribution in [1.29, 1.82) is 0 Å². The van der Waals surface area contributed by atoms with Crippen LogP contribution < -0.4 is 5.32 Å². The Bertz CT molecular complexity index is 487. The Kier molecular flexibility index (Phi) is 5.61. The van der Waals surface area contributed by atoms with E-state index >= 15 is 0 Å². The minimum absolute atomic E-state index is 0.201. The monoisotopic (exact) mass is 308 g/mol. The van der Waals surface area contributed by atoms with Crippen molar-refractivity contribution in [3.05, 3.63) is 30.1 Å². The third kappa shape index (κ3) is 4.46.